The standard InChI is InChI=1S/C9H10BrN/c10-11-8-4-7-9-5-2-1-3-6-9/h1-7,11H,8H2/b7-4+. The second kappa shape index (κ2) is 5.10. The summed E-state index contributed by atoms with van der Waals surface area (Å²) in [5.41, 5.74) is 1.23. The lowest BCUT2D eigenvalue weighted by molar-refractivity contribution is 1.16. The van der Waals surface area contributed by atoms with E-state index in [0.29, 0.717) is 0 Å². The van der Waals surface area contributed by atoms with E-state index in [1.165, 1.54) is 5.56 Å². The van der Waals surface area contributed by atoms with Gasteiger partial charge in [0.05, 0.1) is 0 Å². The molecule has 0 atom stereocenters. The first kappa shape index (κ1) is 8.50. The highest BCUT2D eigenvalue weighted by Gasteiger charge is 1.80. The van der Waals surface area contributed by atoms with E-state index in [4.69, 9.17) is 0 Å². The summed E-state index contributed by atoms with van der Waals surface area (Å²) in [5, 5.41) is 0. The van der Waals surface area contributed by atoms with Gasteiger partial charge in [0, 0.05) is 22.7 Å². The van der Waals surface area contributed by atoms with Crippen molar-refractivity contribution in [3.63, 3.8) is 0 Å². The SMILES string of the molecule is BrNC/C=C/c1ccccc1. The number of benzene rings is 1. The van der Waals surface area contributed by atoms with Crippen LogP contribution in [0.3, 0.4) is 0 Å². The van der Waals surface area contributed by atoms with Crippen LogP contribution in [-0.2, 0) is 0 Å². The monoisotopic (exact) mass is 211 g/mol. The zero-order valence-electron chi connectivity index (χ0n) is 6.13. The molecule has 0 spiro atoms. The highest BCUT2D eigenvalue weighted by atomic mass is 79.9. The lowest BCUT2D eigenvalue weighted by Crippen LogP contribution is -1.93. The Morgan fingerprint density at radius 1 is 1.27 bits per heavy atom. The summed E-state index contributed by atoms with van der Waals surface area (Å²) in [4.78, 5) is 0. The van der Waals surface area contributed by atoms with Gasteiger partial charge < -0.3 is 0 Å². The van der Waals surface area contributed by atoms with Gasteiger partial charge in [-0.3, -0.25) is 4.34 Å². The van der Waals surface area contributed by atoms with E-state index >= 15 is 0 Å². The Kier molecular flexibility index (Phi) is 3.94. The Hall–Kier alpha value is -0.600. The lowest BCUT2D eigenvalue weighted by atomic mass is 10.2. The molecule has 2 heteroatoms. The van der Waals surface area contributed by atoms with E-state index in [0.717, 1.165) is 6.54 Å². The zero-order chi connectivity index (χ0) is 7.94. The number of hydrogen-bond donors (Lipinski definition) is 1. The molecular weight excluding hydrogens is 202 g/mol. The Morgan fingerprint density at radius 3 is 2.64 bits per heavy atom. The molecule has 0 amide bonds. The van der Waals surface area contributed by atoms with E-state index in [9.17, 15) is 0 Å². The summed E-state index contributed by atoms with van der Waals surface area (Å²) in [7, 11) is 0. The third-order valence-corrected chi connectivity index (χ3v) is 1.63. The molecule has 0 aliphatic rings. The average molecular weight is 212 g/mol. The van der Waals surface area contributed by atoms with Gasteiger partial charge >= 0.3 is 0 Å². The van der Waals surface area contributed by atoms with Crippen molar-refractivity contribution < 1.29 is 0 Å². The van der Waals surface area contributed by atoms with Crippen LogP contribution >= 0.6 is 16.1 Å². The second-order valence-electron chi connectivity index (χ2n) is 2.15. The van der Waals surface area contributed by atoms with Gasteiger partial charge in [-0.05, 0) is 5.56 Å². The third kappa shape index (κ3) is 3.35. The number of rotatable bonds is 3. The van der Waals surface area contributed by atoms with Crippen molar-refractivity contribution in [1.29, 1.82) is 0 Å². The van der Waals surface area contributed by atoms with Gasteiger partial charge in [0.1, 0.15) is 0 Å². The van der Waals surface area contributed by atoms with Gasteiger partial charge in [-0.25, -0.2) is 0 Å². The van der Waals surface area contributed by atoms with Gasteiger partial charge in [0.15, 0.2) is 0 Å². The van der Waals surface area contributed by atoms with Gasteiger partial charge in [0.2, 0.25) is 0 Å². The zero-order valence-corrected chi connectivity index (χ0v) is 7.71. The van der Waals surface area contributed by atoms with E-state index in [1.807, 2.05) is 18.2 Å². The molecule has 1 aromatic rings. The van der Waals surface area contributed by atoms with Crippen molar-refractivity contribution in [2.75, 3.05) is 6.54 Å². The molecule has 0 radical (unpaired) electrons. The van der Waals surface area contributed by atoms with Crippen LogP contribution in [0.2, 0.25) is 0 Å². The molecule has 0 saturated heterocycles. The summed E-state index contributed by atoms with van der Waals surface area (Å²) in [6.45, 7) is 0.842. The topological polar surface area (TPSA) is 12.0 Å². The molecule has 0 aliphatic heterocycles. The highest BCUT2D eigenvalue weighted by Crippen LogP contribution is 1.99. The first-order chi connectivity index (χ1) is 5.43. The molecule has 1 aromatic carbocycles. The molecule has 1 rings (SSSR count). The van der Waals surface area contributed by atoms with Crippen molar-refractivity contribution in [3.05, 3.63) is 42.0 Å². The Balaban J connectivity index is 2.50. The Bertz CT molecular complexity index is 218. The molecule has 0 saturated carbocycles. The fourth-order valence-electron chi connectivity index (χ4n) is 0.804. The summed E-state index contributed by atoms with van der Waals surface area (Å²) in [5.74, 6) is 0. The minimum atomic E-state index is 0.842. The van der Waals surface area contributed by atoms with Crippen LogP contribution in [0.25, 0.3) is 6.08 Å². The van der Waals surface area contributed by atoms with Gasteiger partial charge in [0.25, 0.3) is 0 Å². The molecule has 11 heavy (non-hydrogen) atoms. The lowest BCUT2D eigenvalue weighted by Gasteiger charge is -1.90. The predicted molar refractivity (Wildman–Crippen MR) is 52.4 cm³/mol. The van der Waals surface area contributed by atoms with Gasteiger partial charge in [-0.15, -0.1) is 0 Å². The summed E-state index contributed by atoms with van der Waals surface area (Å²) in [6.07, 6.45) is 4.14. The fourth-order valence-corrected chi connectivity index (χ4v) is 0.991. The van der Waals surface area contributed by atoms with Gasteiger partial charge in [-0.2, -0.15) is 0 Å². The Morgan fingerprint density at radius 2 is 2.00 bits per heavy atom. The highest BCUT2D eigenvalue weighted by molar-refractivity contribution is 9.08. The summed E-state index contributed by atoms with van der Waals surface area (Å²) in [6, 6.07) is 10.2. The fraction of sp³-hybridized carbons (Fsp3) is 0.111. The van der Waals surface area contributed by atoms with Crippen LogP contribution in [-0.4, -0.2) is 6.54 Å². The first-order valence-electron chi connectivity index (χ1n) is 3.48. The second-order valence-corrected chi connectivity index (χ2v) is 2.71. The van der Waals surface area contributed by atoms with Crippen molar-refractivity contribution in [2.45, 2.75) is 0 Å². The van der Waals surface area contributed by atoms with Crippen LogP contribution in [0.5, 0.6) is 0 Å². The number of nitrogens with one attached hydrogen (secondary N) is 1. The van der Waals surface area contributed by atoms with Crippen LogP contribution < -0.4 is 4.34 Å². The van der Waals surface area contributed by atoms with Crippen LogP contribution in [0.15, 0.2) is 36.4 Å². The molecule has 0 aromatic heterocycles. The number of halogens is 1. The van der Waals surface area contributed by atoms with E-state index in [2.05, 4.69) is 44.8 Å². The Labute approximate surface area is 75.5 Å². The summed E-state index contributed by atoms with van der Waals surface area (Å²) >= 11 is 3.12. The molecule has 1 nitrogen and oxygen atoms in total. The van der Waals surface area contributed by atoms with Crippen LogP contribution in [0.1, 0.15) is 5.56 Å². The quantitative estimate of drug-likeness (QED) is 0.759. The maximum absolute atomic E-state index is 3.12. The van der Waals surface area contributed by atoms with E-state index < -0.39 is 0 Å². The van der Waals surface area contributed by atoms with E-state index in [-0.39, 0.29) is 0 Å². The largest absolute Gasteiger partial charge is 0.252 e. The summed E-state index contributed by atoms with van der Waals surface area (Å²) < 4.78 is 2.86. The predicted octanol–water partition coefficient (Wildman–Crippen LogP) is 2.60. The molecule has 0 heterocycles. The van der Waals surface area contributed by atoms with Gasteiger partial charge in [-0.1, -0.05) is 42.5 Å². The molecule has 0 aliphatic carbocycles. The smallest absolute Gasteiger partial charge is 0.0245 e. The molecular formula is C9H10BrN. The molecule has 58 valence electrons. The minimum Gasteiger partial charge on any atom is -0.252 e. The molecule has 0 bridgehead atoms. The van der Waals surface area contributed by atoms with Crippen molar-refractivity contribution in [2.24, 2.45) is 0 Å². The van der Waals surface area contributed by atoms with E-state index in [1.54, 1.807) is 0 Å². The maximum atomic E-state index is 3.12. The third-order valence-electron chi connectivity index (χ3n) is 1.30. The minimum absolute atomic E-state index is 0.842. The average Bonchev–Trinajstić information content (AvgIpc) is 2.07. The normalized spacial score (nSPS) is 10.6. The van der Waals surface area contributed by atoms with Crippen molar-refractivity contribution >= 4 is 22.2 Å². The van der Waals surface area contributed by atoms with Crippen molar-refractivity contribution in [1.82, 2.24) is 4.34 Å². The first-order valence-corrected chi connectivity index (χ1v) is 4.28. The number of hydrogen-bond acceptors (Lipinski definition) is 1. The van der Waals surface area contributed by atoms with Crippen LogP contribution in [0, 0.1) is 0 Å². The molecule has 0 fully saturated rings. The molecule has 0 unspecified atom stereocenters. The molecule has 1 N–H and O–H groups in total. The maximum Gasteiger partial charge on any atom is 0.0245 e. The van der Waals surface area contributed by atoms with Crippen molar-refractivity contribution in [3.8, 4) is 0 Å². The van der Waals surface area contributed by atoms with Crippen LogP contribution in [0.4, 0.5) is 0 Å².